The number of imide groups is 1. The van der Waals surface area contributed by atoms with E-state index in [1.165, 1.54) is 21.3 Å². The molecular formula is C24H33N3O7. The molecule has 2 fully saturated rings. The van der Waals surface area contributed by atoms with Crippen LogP contribution in [0.3, 0.4) is 0 Å². The SMILES string of the molecule is CCC1CCC2(CC1)NC(=O)N(CC(=O)NC(CC(=O)OC)c1ccc(OC)c(OC)c1)C2=O. The fourth-order valence-electron chi connectivity index (χ4n) is 4.69. The maximum atomic E-state index is 13.1. The van der Waals surface area contributed by atoms with E-state index in [1.54, 1.807) is 18.2 Å². The standard InChI is InChI=1S/C24H33N3O7/c1-5-15-8-10-24(11-9-15)22(30)27(23(31)26-24)14-20(28)25-17(13-21(29)34-4)16-6-7-18(32-2)19(12-16)33-3/h6-7,12,15,17H,5,8-11,13-14H2,1-4H3,(H,25,28)(H,26,31). The van der Waals surface area contributed by atoms with Gasteiger partial charge < -0.3 is 24.8 Å². The van der Waals surface area contributed by atoms with Crippen LogP contribution in [0.4, 0.5) is 4.79 Å². The number of ether oxygens (including phenoxy) is 3. The van der Waals surface area contributed by atoms with Gasteiger partial charge in [-0.05, 0) is 49.3 Å². The summed E-state index contributed by atoms with van der Waals surface area (Å²) in [6.45, 7) is 1.69. The van der Waals surface area contributed by atoms with Crippen LogP contribution in [0.15, 0.2) is 18.2 Å². The Hall–Kier alpha value is -3.30. The third kappa shape index (κ3) is 5.26. The summed E-state index contributed by atoms with van der Waals surface area (Å²) in [5.74, 6) is 0.0268. The van der Waals surface area contributed by atoms with E-state index in [0.29, 0.717) is 35.8 Å². The van der Waals surface area contributed by atoms with E-state index in [1.807, 2.05) is 0 Å². The van der Waals surface area contributed by atoms with Gasteiger partial charge in [0, 0.05) is 0 Å². The number of esters is 1. The highest BCUT2D eigenvalue weighted by Gasteiger charge is 2.52. The molecule has 0 aromatic heterocycles. The zero-order chi connectivity index (χ0) is 24.9. The highest BCUT2D eigenvalue weighted by Crippen LogP contribution is 2.37. The lowest BCUT2D eigenvalue weighted by Gasteiger charge is -2.34. The minimum atomic E-state index is -0.919. The summed E-state index contributed by atoms with van der Waals surface area (Å²) in [6.07, 6.45) is 3.78. The maximum absolute atomic E-state index is 13.1. The molecule has 1 aliphatic heterocycles. The van der Waals surface area contributed by atoms with E-state index in [9.17, 15) is 19.2 Å². The molecule has 10 nitrogen and oxygen atoms in total. The zero-order valence-corrected chi connectivity index (χ0v) is 20.1. The first kappa shape index (κ1) is 25.3. The Balaban J connectivity index is 1.73. The molecule has 3 rings (SSSR count). The van der Waals surface area contributed by atoms with Gasteiger partial charge in [-0.25, -0.2) is 4.79 Å². The average molecular weight is 476 g/mol. The summed E-state index contributed by atoms with van der Waals surface area (Å²) in [5.41, 5.74) is -0.333. The Morgan fingerprint density at radius 3 is 2.41 bits per heavy atom. The Kier molecular flexibility index (Phi) is 8.01. The van der Waals surface area contributed by atoms with Crippen molar-refractivity contribution >= 4 is 23.8 Å². The summed E-state index contributed by atoms with van der Waals surface area (Å²) in [7, 11) is 4.25. The van der Waals surface area contributed by atoms with Crippen LogP contribution in [-0.4, -0.2) is 62.1 Å². The van der Waals surface area contributed by atoms with Gasteiger partial charge >= 0.3 is 12.0 Å². The van der Waals surface area contributed by atoms with Crippen molar-refractivity contribution in [3.8, 4) is 11.5 Å². The van der Waals surface area contributed by atoms with Gasteiger partial charge in [0.2, 0.25) is 5.91 Å². The molecule has 1 unspecified atom stereocenters. The van der Waals surface area contributed by atoms with Gasteiger partial charge in [0.25, 0.3) is 5.91 Å². The van der Waals surface area contributed by atoms with E-state index in [4.69, 9.17) is 14.2 Å². The molecule has 4 amide bonds. The molecule has 10 heteroatoms. The van der Waals surface area contributed by atoms with Gasteiger partial charge in [-0.2, -0.15) is 0 Å². The second-order valence-electron chi connectivity index (χ2n) is 8.77. The van der Waals surface area contributed by atoms with E-state index >= 15 is 0 Å². The summed E-state index contributed by atoms with van der Waals surface area (Å²) in [4.78, 5) is 51.6. The predicted octanol–water partition coefficient (Wildman–Crippen LogP) is 2.31. The number of nitrogens with zero attached hydrogens (tertiary/aromatic N) is 1. The number of carbonyl (C=O) groups is 4. The molecule has 1 aromatic rings. The van der Waals surface area contributed by atoms with Crippen LogP contribution in [0.2, 0.25) is 0 Å². The monoisotopic (exact) mass is 475 g/mol. The highest BCUT2D eigenvalue weighted by atomic mass is 16.5. The van der Waals surface area contributed by atoms with Crippen molar-refractivity contribution < 1.29 is 33.4 Å². The van der Waals surface area contributed by atoms with E-state index in [2.05, 4.69) is 17.6 Å². The third-order valence-electron chi connectivity index (χ3n) is 6.83. The first-order chi connectivity index (χ1) is 16.3. The fraction of sp³-hybridized carbons (Fsp3) is 0.583. The van der Waals surface area contributed by atoms with Crippen LogP contribution < -0.4 is 20.1 Å². The number of urea groups is 1. The van der Waals surface area contributed by atoms with Crippen LogP contribution in [0.5, 0.6) is 11.5 Å². The number of amides is 4. The molecule has 2 N–H and O–H groups in total. The lowest BCUT2D eigenvalue weighted by atomic mass is 9.75. The van der Waals surface area contributed by atoms with Crippen molar-refractivity contribution in [1.82, 2.24) is 15.5 Å². The van der Waals surface area contributed by atoms with Gasteiger partial charge in [-0.1, -0.05) is 19.4 Å². The molecule has 2 aliphatic rings. The number of rotatable bonds is 9. The quantitative estimate of drug-likeness (QED) is 0.415. The molecule has 0 bridgehead atoms. The minimum Gasteiger partial charge on any atom is -0.493 e. The van der Waals surface area contributed by atoms with Crippen LogP contribution >= 0.6 is 0 Å². The normalized spacial score (nSPS) is 22.8. The van der Waals surface area contributed by atoms with E-state index < -0.39 is 36.0 Å². The van der Waals surface area contributed by atoms with Gasteiger partial charge in [0.05, 0.1) is 33.8 Å². The predicted molar refractivity (Wildman–Crippen MR) is 122 cm³/mol. The van der Waals surface area contributed by atoms with Crippen LogP contribution in [-0.2, 0) is 19.1 Å². The zero-order valence-electron chi connectivity index (χ0n) is 20.1. The largest absolute Gasteiger partial charge is 0.493 e. The minimum absolute atomic E-state index is 0.139. The average Bonchev–Trinajstić information content (AvgIpc) is 3.07. The van der Waals surface area contributed by atoms with Gasteiger partial charge in [0.1, 0.15) is 12.1 Å². The van der Waals surface area contributed by atoms with Crippen molar-refractivity contribution in [3.05, 3.63) is 23.8 Å². The van der Waals surface area contributed by atoms with Crippen molar-refractivity contribution in [2.24, 2.45) is 5.92 Å². The first-order valence-corrected chi connectivity index (χ1v) is 11.5. The van der Waals surface area contributed by atoms with E-state index in [-0.39, 0.29) is 12.3 Å². The Morgan fingerprint density at radius 1 is 1.15 bits per heavy atom. The Bertz CT molecular complexity index is 940. The Labute approximate surface area is 199 Å². The summed E-state index contributed by atoms with van der Waals surface area (Å²) in [5, 5.41) is 5.58. The van der Waals surface area contributed by atoms with Gasteiger partial charge in [-0.3, -0.25) is 19.3 Å². The lowest BCUT2D eigenvalue weighted by molar-refractivity contribution is -0.141. The molecule has 1 heterocycles. The van der Waals surface area contributed by atoms with Crippen molar-refractivity contribution in [2.45, 2.75) is 57.0 Å². The second-order valence-corrected chi connectivity index (χ2v) is 8.77. The molecule has 1 spiro atoms. The molecule has 1 atom stereocenters. The molecule has 1 saturated heterocycles. The highest BCUT2D eigenvalue weighted by molar-refractivity contribution is 6.09. The Morgan fingerprint density at radius 2 is 1.82 bits per heavy atom. The number of methoxy groups -OCH3 is 3. The third-order valence-corrected chi connectivity index (χ3v) is 6.83. The topological polar surface area (TPSA) is 123 Å². The first-order valence-electron chi connectivity index (χ1n) is 11.5. The van der Waals surface area contributed by atoms with Gasteiger partial charge in [-0.15, -0.1) is 0 Å². The molecule has 0 radical (unpaired) electrons. The lowest BCUT2D eigenvalue weighted by Crippen LogP contribution is -2.50. The molecule has 1 saturated carbocycles. The molecule has 34 heavy (non-hydrogen) atoms. The maximum Gasteiger partial charge on any atom is 0.325 e. The fourth-order valence-corrected chi connectivity index (χ4v) is 4.69. The molecule has 186 valence electrons. The van der Waals surface area contributed by atoms with Crippen molar-refractivity contribution in [2.75, 3.05) is 27.9 Å². The number of benzene rings is 1. The van der Waals surface area contributed by atoms with Crippen molar-refractivity contribution in [3.63, 3.8) is 0 Å². The number of nitrogens with one attached hydrogen (secondary N) is 2. The van der Waals surface area contributed by atoms with Gasteiger partial charge in [0.15, 0.2) is 11.5 Å². The number of carbonyl (C=O) groups excluding carboxylic acids is 4. The van der Waals surface area contributed by atoms with E-state index in [0.717, 1.165) is 24.2 Å². The molecule has 1 aliphatic carbocycles. The molecular weight excluding hydrogens is 442 g/mol. The van der Waals surface area contributed by atoms with Crippen LogP contribution in [0.1, 0.15) is 57.1 Å². The van der Waals surface area contributed by atoms with Crippen LogP contribution in [0.25, 0.3) is 0 Å². The summed E-state index contributed by atoms with van der Waals surface area (Å²) in [6, 6.07) is 3.70. The smallest absolute Gasteiger partial charge is 0.325 e. The van der Waals surface area contributed by atoms with Crippen molar-refractivity contribution in [1.29, 1.82) is 0 Å². The second kappa shape index (κ2) is 10.8. The number of hydrogen-bond donors (Lipinski definition) is 2. The molecule has 1 aromatic carbocycles. The van der Waals surface area contributed by atoms with Crippen LogP contribution in [0, 0.1) is 5.92 Å². The number of hydrogen-bond acceptors (Lipinski definition) is 7. The summed E-state index contributed by atoms with van der Waals surface area (Å²) < 4.78 is 15.3. The summed E-state index contributed by atoms with van der Waals surface area (Å²) >= 11 is 0.